The Morgan fingerprint density at radius 1 is 1.05 bits per heavy atom. The first-order chi connectivity index (χ1) is 10.7. The Labute approximate surface area is 130 Å². The molecule has 2 rings (SSSR count). The summed E-state index contributed by atoms with van der Waals surface area (Å²) in [5, 5.41) is 0. The molecule has 2 aromatic rings. The number of hydrogen-bond donors (Lipinski definition) is 0. The molecule has 0 spiro atoms. The van der Waals surface area contributed by atoms with Crippen LogP contribution >= 0.6 is 0 Å². The molecular formula is C18H20O4. The minimum absolute atomic E-state index is 0.191. The molecule has 0 fully saturated rings. The monoisotopic (exact) mass is 300 g/mol. The Hall–Kier alpha value is -2.49. The van der Waals surface area contributed by atoms with Crippen molar-refractivity contribution in [3.8, 4) is 11.5 Å². The minimum atomic E-state index is -0.539. The normalized spacial score (nSPS) is 11.6. The van der Waals surface area contributed by atoms with Crippen molar-refractivity contribution in [1.29, 1.82) is 0 Å². The minimum Gasteiger partial charge on any atom is -0.496 e. The first-order valence-electron chi connectivity index (χ1n) is 7.06. The third kappa shape index (κ3) is 3.79. The van der Waals surface area contributed by atoms with Crippen molar-refractivity contribution in [1.82, 2.24) is 0 Å². The van der Waals surface area contributed by atoms with E-state index < -0.39 is 5.92 Å². The average Bonchev–Trinajstić information content (AvgIpc) is 2.56. The molecule has 0 heterocycles. The summed E-state index contributed by atoms with van der Waals surface area (Å²) in [5.74, 6) is 0.471. The van der Waals surface area contributed by atoms with Crippen molar-refractivity contribution in [2.75, 3.05) is 20.8 Å². The Morgan fingerprint density at radius 2 is 1.73 bits per heavy atom. The summed E-state index contributed by atoms with van der Waals surface area (Å²) >= 11 is 0. The highest BCUT2D eigenvalue weighted by molar-refractivity contribution is 5.79. The maximum absolute atomic E-state index is 12.1. The molecule has 1 unspecified atom stereocenters. The fourth-order valence-corrected chi connectivity index (χ4v) is 2.20. The highest BCUT2D eigenvalue weighted by Gasteiger charge is 2.25. The van der Waals surface area contributed by atoms with E-state index in [1.54, 1.807) is 7.11 Å². The molecule has 0 aliphatic rings. The lowest BCUT2D eigenvalue weighted by atomic mass is 9.99. The van der Waals surface area contributed by atoms with Crippen LogP contribution in [0.2, 0.25) is 0 Å². The molecule has 116 valence electrons. The summed E-state index contributed by atoms with van der Waals surface area (Å²) in [6.45, 7) is 2.20. The molecular weight excluding hydrogens is 280 g/mol. The van der Waals surface area contributed by atoms with E-state index in [0.717, 1.165) is 16.9 Å². The molecule has 0 saturated carbocycles. The summed E-state index contributed by atoms with van der Waals surface area (Å²) in [6, 6.07) is 15.1. The van der Waals surface area contributed by atoms with Crippen LogP contribution < -0.4 is 9.47 Å². The zero-order valence-corrected chi connectivity index (χ0v) is 13.0. The summed E-state index contributed by atoms with van der Waals surface area (Å²) in [7, 11) is 2.95. The van der Waals surface area contributed by atoms with Crippen LogP contribution in [-0.4, -0.2) is 26.8 Å². The fourth-order valence-electron chi connectivity index (χ4n) is 2.20. The number of para-hydroxylation sites is 1. The van der Waals surface area contributed by atoms with Crippen molar-refractivity contribution in [2.24, 2.45) is 0 Å². The van der Waals surface area contributed by atoms with Crippen LogP contribution in [-0.2, 0) is 9.53 Å². The van der Waals surface area contributed by atoms with E-state index in [2.05, 4.69) is 0 Å². The first-order valence-corrected chi connectivity index (χ1v) is 7.06. The molecule has 0 amide bonds. The summed E-state index contributed by atoms with van der Waals surface area (Å²) in [5.41, 5.74) is 1.91. The number of methoxy groups -OCH3 is 2. The van der Waals surface area contributed by atoms with E-state index in [0.29, 0.717) is 5.75 Å². The van der Waals surface area contributed by atoms with Crippen LogP contribution in [0.4, 0.5) is 0 Å². The highest BCUT2D eigenvalue weighted by atomic mass is 16.5. The summed E-state index contributed by atoms with van der Waals surface area (Å²) < 4.78 is 16.0. The lowest BCUT2D eigenvalue weighted by Crippen LogP contribution is -2.22. The van der Waals surface area contributed by atoms with Gasteiger partial charge >= 0.3 is 5.97 Å². The maximum atomic E-state index is 12.1. The molecule has 2 aromatic carbocycles. The average molecular weight is 300 g/mol. The smallest absolute Gasteiger partial charge is 0.316 e. The van der Waals surface area contributed by atoms with E-state index in [9.17, 15) is 4.79 Å². The molecule has 0 aliphatic carbocycles. The van der Waals surface area contributed by atoms with Gasteiger partial charge in [0.25, 0.3) is 0 Å². The van der Waals surface area contributed by atoms with Gasteiger partial charge in [-0.15, -0.1) is 0 Å². The molecule has 22 heavy (non-hydrogen) atoms. The van der Waals surface area contributed by atoms with Gasteiger partial charge in [-0.2, -0.15) is 0 Å². The zero-order chi connectivity index (χ0) is 15.9. The van der Waals surface area contributed by atoms with Gasteiger partial charge in [-0.05, 0) is 25.1 Å². The van der Waals surface area contributed by atoms with E-state index in [1.807, 2.05) is 55.5 Å². The Morgan fingerprint density at radius 3 is 2.36 bits per heavy atom. The molecule has 0 N–H and O–H groups in total. The van der Waals surface area contributed by atoms with E-state index in [-0.39, 0.29) is 12.6 Å². The van der Waals surface area contributed by atoms with Crippen molar-refractivity contribution >= 4 is 5.97 Å². The number of hydrogen-bond acceptors (Lipinski definition) is 4. The largest absolute Gasteiger partial charge is 0.496 e. The van der Waals surface area contributed by atoms with Gasteiger partial charge in [-0.25, -0.2) is 0 Å². The highest BCUT2D eigenvalue weighted by Crippen LogP contribution is 2.28. The number of rotatable bonds is 6. The first kappa shape index (κ1) is 15.9. The van der Waals surface area contributed by atoms with Gasteiger partial charge in [0.15, 0.2) is 0 Å². The number of esters is 1. The fraction of sp³-hybridized carbons (Fsp3) is 0.278. The van der Waals surface area contributed by atoms with Crippen molar-refractivity contribution in [3.63, 3.8) is 0 Å². The number of benzene rings is 2. The van der Waals surface area contributed by atoms with Crippen LogP contribution in [0.15, 0.2) is 48.5 Å². The number of carbonyl (C=O) groups is 1. The molecule has 0 saturated heterocycles. The maximum Gasteiger partial charge on any atom is 0.316 e. The van der Waals surface area contributed by atoms with Crippen molar-refractivity contribution in [3.05, 3.63) is 59.7 Å². The molecule has 0 bridgehead atoms. The van der Waals surface area contributed by atoms with Gasteiger partial charge in [-0.3, -0.25) is 4.79 Å². The third-order valence-electron chi connectivity index (χ3n) is 3.44. The summed E-state index contributed by atoms with van der Waals surface area (Å²) in [6.07, 6.45) is 0. The summed E-state index contributed by atoms with van der Waals surface area (Å²) in [4.78, 5) is 12.1. The van der Waals surface area contributed by atoms with E-state index in [4.69, 9.17) is 14.2 Å². The van der Waals surface area contributed by atoms with Gasteiger partial charge < -0.3 is 14.2 Å². The van der Waals surface area contributed by atoms with E-state index in [1.165, 1.54) is 7.11 Å². The van der Waals surface area contributed by atoms with Crippen LogP contribution in [0.1, 0.15) is 17.0 Å². The van der Waals surface area contributed by atoms with Crippen molar-refractivity contribution in [2.45, 2.75) is 12.8 Å². The second-order valence-electron chi connectivity index (χ2n) is 4.94. The molecule has 1 atom stereocenters. The molecule has 0 radical (unpaired) electrons. The zero-order valence-electron chi connectivity index (χ0n) is 13.0. The van der Waals surface area contributed by atoms with E-state index >= 15 is 0 Å². The molecule has 4 heteroatoms. The third-order valence-corrected chi connectivity index (χ3v) is 3.44. The van der Waals surface area contributed by atoms with Crippen LogP contribution in [0.3, 0.4) is 0 Å². The standard InChI is InChI=1S/C18H20O4/c1-13-8-10-14(11-9-13)22-12-16(18(19)21-3)15-6-4-5-7-17(15)20-2/h4-11,16H,12H2,1-3H3. The lowest BCUT2D eigenvalue weighted by Gasteiger charge is -2.18. The van der Waals surface area contributed by atoms with Crippen molar-refractivity contribution < 1.29 is 19.0 Å². The lowest BCUT2D eigenvalue weighted by molar-refractivity contribution is -0.143. The predicted octanol–water partition coefficient (Wildman–Crippen LogP) is 3.34. The predicted molar refractivity (Wildman–Crippen MR) is 84.4 cm³/mol. The molecule has 0 aromatic heterocycles. The topological polar surface area (TPSA) is 44.8 Å². The van der Waals surface area contributed by atoms with Gasteiger partial charge in [0, 0.05) is 5.56 Å². The second kappa shape index (κ2) is 7.50. The van der Waals surface area contributed by atoms with Crippen LogP contribution in [0.25, 0.3) is 0 Å². The van der Waals surface area contributed by atoms with Crippen LogP contribution in [0, 0.1) is 6.92 Å². The molecule has 4 nitrogen and oxygen atoms in total. The van der Waals surface area contributed by atoms with Crippen LogP contribution in [0.5, 0.6) is 11.5 Å². The Kier molecular flexibility index (Phi) is 5.42. The molecule has 0 aliphatic heterocycles. The number of ether oxygens (including phenoxy) is 3. The number of aryl methyl sites for hydroxylation is 1. The van der Waals surface area contributed by atoms with Gasteiger partial charge in [0.1, 0.15) is 24.0 Å². The van der Waals surface area contributed by atoms with Gasteiger partial charge in [0.05, 0.1) is 14.2 Å². The number of carbonyl (C=O) groups excluding carboxylic acids is 1. The Bertz CT molecular complexity index is 619. The Balaban J connectivity index is 2.19. The van der Waals surface area contributed by atoms with Gasteiger partial charge in [0.2, 0.25) is 0 Å². The second-order valence-corrected chi connectivity index (χ2v) is 4.94. The quantitative estimate of drug-likeness (QED) is 0.768. The van der Waals surface area contributed by atoms with Gasteiger partial charge in [-0.1, -0.05) is 35.9 Å². The SMILES string of the molecule is COC(=O)C(COc1ccc(C)cc1)c1ccccc1OC.